The highest BCUT2D eigenvalue weighted by atomic mass is 35.5. The van der Waals surface area contributed by atoms with Crippen LogP contribution >= 0.6 is 11.6 Å². The summed E-state index contributed by atoms with van der Waals surface area (Å²) in [4.78, 5) is 16.4. The summed E-state index contributed by atoms with van der Waals surface area (Å²) >= 11 is 5.81. The maximum absolute atomic E-state index is 14.4. The van der Waals surface area contributed by atoms with Crippen LogP contribution in [0.3, 0.4) is 0 Å². The second kappa shape index (κ2) is 8.91. The van der Waals surface area contributed by atoms with Crippen LogP contribution in [0.5, 0.6) is 0 Å². The third kappa shape index (κ3) is 4.35. The molecule has 0 saturated carbocycles. The van der Waals surface area contributed by atoms with Gasteiger partial charge in [-0.3, -0.25) is 0 Å². The molecule has 0 radical (unpaired) electrons. The molecular formula is C19H17ClF2N4O2. The first kappa shape index (κ1) is 19.9. The van der Waals surface area contributed by atoms with E-state index >= 15 is 0 Å². The van der Waals surface area contributed by atoms with Crippen molar-refractivity contribution in [1.29, 1.82) is 0 Å². The van der Waals surface area contributed by atoms with Crippen molar-refractivity contribution in [3.8, 4) is 0 Å². The number of azide groups is 1. The molecule has 6 nitrogen and oxygen atoms in total. The number of hydrogen-bond acceptors (Lipinski definition) is 3. The summed E-state index contributed by atoms with van der Waals surface area (Å²) in [7, 11) is 0. The van der Waals surface area contributed by atoms with Gasteiger partial charge in [0, 0.05) is 4.91 Å². The number of alkyl halides is 1. The Bertz CT molecular complexity index is 893. The number of ether oxygens (including phenoxy) is 1. The molecule has 146 valence electrons. The quantitative estimate of drug-likeness (QED) is 0.395. The van der Waals surface area contributed by atoms with Crippen LogP contribution < -0.4 is 0 Å². The van der Waals surface area contributed by atoms with Gasteiger partial charge in [-0.2, -0.15) is 0 Å². The van der Waals surface area contributed by atoms with Gasteiger partial charge >= 0.3 is 6.09 Å². The maximum Gasteiger partial charge on any atom is 0.410 e. The van der Waals surface area contributed by atoms with E-state index in [-0.39, 0.29) is 30.2 Å². The van der Waals surface area contributed by atoms with Crippen molar-refractivity contribution in [2.24, 2.45) is 5.11 Å². The van der Waals surface area contributed by atoms with Gasteiger partial charge in [-0.05, 0) is 29.1 Å². The molecule has 9 heteroatoms. The van der Waals surface area contributed by atoms with Gasteiger partial charge in [-0.1, -0.05) is 59.2 Å². The van der Waals surface area contributed by atoms with Gasteiger partial charge in [-0.15, -0.1) is 0 Å². The van der Waals surface area contributed by atoms with E-state index in [0.29, 0.717) is 0 Å². The summed E-state index contributed by atoms with van der Waals surface area (Å²) in [5, 5.41) is 3.41. The molecule has 28 heavy (non-hydrogen) atoms. The number of rotatable bonds is 5. The zero-order valence-corrected chi connectivity index (χ0v) is 15.5. The number of likely N-dealkylation sites (tertiary alicyclic amines) is 1. The van der Waals surface area contributed by atoms with E-state index in [1.807, 2.05) is 6.07 Å². The summed E-state index contributed by atoms with van der Waals surface area (Å²) in [5.41, 5.74) is 9.74. The van der Waals surface area contributed by atoms with Crippen LogP contribution in [0.25, 0.3) is 10.4 Å². The van der Waals surface area contributed by atoms with E-state index in [2.05, 4.69) is 10.0 Å². The molecule has 1 amide bonds. The third-order valence-electron chi connectivity index (χ3n) is 4.62. The highest BCUT2D eigenvalue weighted by Gasteiger charge is 2.45. The highest BCUT2D eigenvalue weighted by Crippen LogP contribution is 2.30. The Labute approximate surface area is 165 Å². The molecule has 0 N–H and O–H groups in total. The number of carbonyl (C=O) groups is 1. The van der Waals surface area contributed by atoms with Crippen molar-refractivity contribution in [3.05, 3.63) is 80.9 Å². The fraction of sp³-hybridized carbons (Fsp3) is 0.316. The lowest BCUT2D eigenvalue weighted by Crippen LogP contribution is -2.41. The molecule has 1 saturated heterocycles. The minimum absolute atomic E-state index is 0.0115. The number of halogens is 3. The number of hydrogen-bond donors (Lipinski definition) is 0. The fourth-order valence-corrected chi connectivity index (χ4v) is 3.43. The summed E-state index contributed by atoms with van der Waals surface area (Å²) in [6.45, 7) is -0.290. The zero-order valence-electron chi connectivity index (χ0n) is 14.7. The molecule has 1 heterocycles. The van der Waals surface area contributed by atoms with E-state index in [0.717, 1.165) is 10.5 Å². The average Bonchev–Trinajstić information content (AvgIpc) is 3.00. The number of nitrogens with zero attached hydrogens (tertiary/aromatic N) is 4. The normalized spacial score (nSPS) is 21.2. The van der Waals surface area contributed by atoms with Crippen molar-refractivity contribution >= 4 is 17.7 Å². The Morgan fingerprint density at radius 1 is 1.29 bits per heavy atom. The van der Waals surface area contributed by atoms with E-state index in [9.17, 15) is 13.6 Å². The molecule has 0 spiro atoms. The van der Waals surface area contributed by atoms with Gasteiger partial charge in [0.05, 0.1) is 23.7 Å². The molecule has 2 aromatic rings. The lowest BCUT2D eigenvalue weighted by atomic mass is 9.99. The number of amides is 1. The van der Waals surface area contributed by atoms with Crippen LogP contribution in [0.1, 0.15) is 11.1 Å². The summed E-state index contributed by atoms with van der Waals surface area (Å²) in [5.74, 6) is -0.649. The Morgan fingerprint density at radius 3 is 2.75 bits per heavy atom. The van der Waals surface area contributed by atoms with Gasteiger partial charge in [0.15, 0.2) is 0 Å². The van der Waals surface area contributed by atoms with Gasteiger partial charge in [0.25, 0.3) is 0 Å². The highest BCUT2D eigenvalue weighted by molar-refractivity contribution is 6.30. The van der Waals surface area contributed by atoms with Crippen LogP contribution in [0.15, 0.2) is 53.6 Å². The monoisotopic (exact) mass is 406 g/mol. The first-order valence-corrected chi connectivity index (χ1v) is 8.97. The van der Waals surface area contributed by atoms with Crippen LogP contribution in [0.2, 0.25) is 5.02 Å². The lowest BCUT2D eigenvalue weighted by Gasteiger charge is -2.26. The van der Waals surface area contributed by atoms with E-state index < -0.39 is 30.2 Å². The fourth-order valence-electron chi connectivity index (χ4n) is 3.24. The average molecular weight is 407 g/mol. The Balaban J connectivity index is 1.80. The minimum atomic E-state index is -1.58. The Morgan fingerprint density at radius 2 is 2.04 bits per heavy atom. The smallest absolute Gasteiger partial charge is 0.410 e. The molecule has 0 bridgehead atoms. The molecule has 1 fully saturated rings. The van der Waals surface area contributed by atoms with Crippen LogP contribution in [-0.2, 0) is 17.8 Å². The van der Waals surface area contributed by atoms with Crippen molar-refractivity contribution < 1.29 is 18.3 Å². The SMILES string of the molecule is [N-]=[N+]=NC1C(F)CN(C(=O)OCc2ccccc2)C1Cc1cccc(Cl)c1F. The first-order chi connectivity index (χ1) is 13.5. The van der Waals surface area contributed by atoms with Gasteiger partial charge in [0.2, 0.25) is 0 Å². The van der Waals surface area contributed by atoms with Crippen molar-refractivity contribution in [3.63, 3.8) is 0 Å². The largest absolute Gasteiger partial charge is 0.445 e. The van der Waals surface area contributed by atoms with Crippen molar-refractivity contribution in [1.82, 2.24) is 4.90 Å². The molecule has 3 unspecified atom stereocenters. The standard InChI is InChI=1S/C19H17ClF2N4O2/c20-14-8-4-7-13(17(14)22)9-16-18(24-25-23)15(21)10-26(16)19(27)28-11-12-5-2-1-3-6-12/h1-8,15-16,18H,9-11H2. The van der Waals surface area contributed by atoms with Gasteiger partial charge in [-0.25, -0.2) is 13.6 Å². The van der Waals surface area contributed by atoms with E-state index in [1.165, 1.54) is 12.1 Å². The van der Waals surface area contributed by atoms with Crippen LogP contribution in [0.4, 0.5) is 13.6 Å². The lowest BCUT2D eigenvalue weighted by molar-refractivity contribution is 0.0897. The van der Waals surface area contributed by atoms with E-state index in [4.69, 9.17) is 21.9 Å². The Hall–Kier alpha value is -2.83. The minimum Gasteiger partial charge on any atom is -0.445 e. The zero-order chi connectivity index (χ0) is 20.1. The molecule has 1 aliphatic rings. The molecule has 1 aliphatic heterocycles. The molecule has 3 atom stereocenters. The summed E-state index contributed by atoms with van der Waals surface area (Å²) in [6, 6.07) is 11.4. The number of benzene rings is 2. The van der Waals surface area contributed by atoms with Crippen LogP contribution in [-0.4, -0.2) is 35.8 Å². The predicted molar refractivity (Wildman–Crippen MR) is 100 cm³/mol. The Kier molecular flexibility index (Phi) is 6.34. The molecule has 3 rings (SSSR count). The van der Waals surface area contributed by atoms with Gasteiger partial charge < -0.3 is 9.64 Å². The molecule has 2 aromatic carbocycles. The van der Waals surface area contributed by atoms with Crippen molar-refractivity contribution in [2.75, 3.05) is 6.54 Å². The molecular weight excluding hydrogens is 390 g/mol. The number of carbonyl (C=O) groups excluding carboxylic acids is 1. The second-order valence-corrected chi connectivity index (χ2v) is 6.80. The summed E-state index contributed by atoms with van der Waals surface area (Å²) < 4.78 is 34.0. The van der Waals surface area contributed by atoms with Crippen molar-refractivity contribution in [2.45, 2.75) is 31.3 Å². The van der Waals surface area contributed by atoms with E-state index in [1.54, 1.807) is 30.3 Å². The predicted octanol–water partition coefficient (Wildman–Crippen LogP) is 5.06. The molecule has 0 aliphatic carbocycles. The topological polar surface area (TPSA) is 78.3 Å². The third-order valence-corrected chi connectivity index (χ3v) is 4.91. The summed E-state index contributed by atoms with van der Waals surface area (Å²) in [6.07, 6.45) is -2.39. The van der Waals surface area contributed by atoms with Crippen LogP contribution in [0, 0.1) is 5.82 Å². The van der Waals surface area contributed by atoms with Gasteiger partial charge in [0.1, 0.15) is 18.6 Å². The second-order valence-electron chi connectivity index (χ2n) is 6.39. The maximum atomic E-state index is 14.4. The first-order valence-electron chi connectivity index (χ1n) is 8.59. The molecule has 0 aromatic heterocycles.